The number of furan rings is 1. The third-order valence-electron chi connectivity index (χ3n) is 3.66. The number of hydrogen-bond acceptors (Lipinski definition) is 5. The summed E-state index contributed by atoms with van der Waals surface area (Å²) >= 11 is 0. The van der Waals surface area contributed by atoms with Gasteiger partial charge in [-0.25, -0.2) is 4.98 Å². The summed E-state index contributed by atoms with van der Waals surface area (Å²) in [7, 11) is 1.62. The fourth-order valence-corrected chi connectivity index (χ4v) is 2.29. The zero-order chi connectivity index (χ0) is 17.5. The lowest BCUT2D eigenvalue weighted by Gasteiger charge is -2.08. The Bertz CT molecular complexity index is 814. The highest BCUT2D eigenvalue weighted by Gasteiger charge is 2.07. The molecule has 1 amide bonds. The monoisotopic (exact) mass is 337 g/mol. The van der Waals surface area contributed by atoms with Crippen molar-refractivity contribution in [1.29, 1.82) is 0 Å². The molecule has 3 rings (SSSR count). The Morgan fingerprint density at radius 2 is 2.00 bits per heavy atom. The molecule has 2 N–H and O–H groups in total. The van der Waals surface area contributed by atoms with Crippen molar-refractivity contribution in [2.75, 3.05) is 12.4 Å². The molecule has 6 nitrogen and oxygen atoms in total. The first-order chi connectivity index (χ1) is 12.2. The van der Waals surface area contributed by atoms with Crippen molar-refractivity contribution in [3.8, 4) is 5.75 Å². The van der Waals surface area contributed by atoms with Crippen molar-refractivity contribution >= 4 is 11.7 Å². The van der Waals surface area contributed by atoms with Gasteiger partial charge in [0, 0.05) is 18.3 Å². The average Bonchev–Trinajstić information content (AvgIpc) is 3.19. The summed E-state index contributed by atoms with van der Waals surface area (Å²) in [5.41, 5.74) is 1.55. The molecule has 0 saturated heterocycles. The molecule has 0 aliphatic heterocycles. The Balaban J connectivity index is 1.56. The smallest absolute Gasteiger partial charge is 0.251 e. The Morgan fingerprint density at radius 1 is 1.16 bits per heavy atom. The average molecular weight is 337 g/mol. The third kappa shape index (κ3) is 4.60. The first-order valence-electron chi connectivity index (χ1n) is 7.88. The first kappa shape index (κ1) is 16.6. The number of carbonyl (C=O) groups excluding carboxylic acids is 1. The molecule has 3 aromatic rings. The predicted octanol–water partition coefficient (Wildman–Crippen LogP) is 3.23. The lowest BCUT2D eigenvalue weighted by Crippen LogP contribution is -2.23. The molecule has 25 heavy (non-hydrogen) atoms. The molecule has 0 aliphatic carbocycles. The molecule has 6 heteroatoms. The molecule has 2 aromatic heterocycles. The van der Waals surface area contributed by atoms with Crippen molar-refractivity contribution in [2.45, 2.75) is 13.1 Å². The predicted molar refractivity (Wildman–Crippen MR) is 94.4 cm³/mol. The van der Waals surface area contributed by atoms with E-state index >= 15 is 0 Å². The van der Waals surface area contributed by atoms with E-state index in [0.717, 1.165) is 17.1 Å². The Morgan fingerprint density at radius 3 is 2.72 bits per heavy atom. The van der Waals surface area contributed by atoms with Crippen molar-refractivity contribution in [1.82, 2.24) is 10.3 Å². The standard InChI is InChI=1S/C19H19N3O3/c1-24-16-6-4-14(5-7-16)12-22-19(23)15-8-9-20-18(11-15)21-13-17-3-2-10-25-17/h2-11H,12-13H2,1H3,(H,20,21)(H,22,23). The van der Waals surface area contributed by atoms with Crippen LogP contribution in [0.3, 0.4) is 0 Å². The summed E-state index contributed by atoms with van der Waals surface area (Å²) in [5, 5.41) is 6.03. The van der Waals surface area contributed by atoms with E-state index in [1.54, 1.807) is 31.7 Å². The second-order valence-electron chi connectivity index (χ2n) is 5.39. The van der Waals surface area contributed by atoms with Gasteiger partial charge in [-0.1, -0.05) is 12.1 Å². The topological polar surface area (TPSA) is 76.4 Å². The van der Waals surface area contributed by atoms with E-state index in [1.165, 1.54) is 0 Å². The minimum absolute atomic E-state index is 0.153. The Labute approximate surface area is 145 Å². The largest absolute Gasteiger partial charge is 0.497 e. The van der Waals surface area contributed by atoms with Crippen LogP contribution in [0.5, 0.6) is 5.75 Å². The lowest BCUT2D eigenvalue weighted by atomic mass is 10.2. The summed E-state index contributed by atoms with van der Waals surface area (Å²) in [6.07, 6.45) is 3.22. The van der Waals surface area contributed by atoms with Crippen LogP contribution in [0, 0.1) is 0 Å². The van der Waals surface area contributed by atoms with Crippen LogP contribution >= 0.6 is 0 Å². The van der Waals surface area contributed by atoms with E-state index in [2.05, 4.69) is 15.6 Å². The second-order valence-corrected chi connectivity index (χ2v) is 5.39. The number of ether oxygens (including phenoxy) is 1. The summed E-state index contributed by atoms with van der Waals surface area (Å²) in [4.78, 5) is 16.5. The molecule has 0 bridgehead atoms. The number of rotatable bonds is 7. The molecule has 1 aromatic carbocycles. The van der Waals surface area contributed by atoms with Gasteiger partial charge in [0.05, 0.1) is 19.9 Å². The van der Waals surface area contributed by atoms with Crippen LogP contribution in [0.25, 0.3) is 0 Å². The molecule has 128 valence electrons. The maximum absolute atomic E-state index is 12.3. The van der Waals surface area contributed by atoms with E-state index in [4.69, 9.17) is 9.15 Å². The van der Waals surface area contributed by atoms with Crippen LogP contribution in [-0.4, -0.2) is 18.0 Å². The maximum Gasteiger partial charge on any atom is 0.251 e. The van der Waals surface area contributed by atoms with Gasteiger partial charge in [0.2, 0.25) is 0 Å². The number of pyridine rings is 1. The molecule has 0 unspecified atom stereocenters. The number of hydrogen-bond donors (Lipinski definition) is 2. The van der Waals surface area contributed by atoms with Crippen LogP contribution in [0.4, 0.5) is 5.82 Å². The number of carbonyl (C=O) groups is 1. The summed E-state index contributed by atoms with van der Waals surface area (Å²) in [5.74, 6) is 2.06. The minimum Gasteiger partial charge on any atom is -0.497 e. The zero-order valence-corrected chi connectivity index (χ0v) is 13.9. The third-order valence-corrected chi connectivity index (χ3v) is 3.66. The van der Waals surface area contributed by atoms with E-state index in [9.17, 15) is 4.79 Å². The van der Waals surface area contributed by atoms with Crippen LogP contribution in [0.2, 0.25) is 0 Å². The highest BCUT2D eigenvalue weighted by Crippen LogP contribution is 2.12. The molecule has 2 heterocycles. The van der Waals surface area contributed by atoms with E-state index in [0.29, 0.717) is 24.5 Å². The van der Waals surface area contributed by atoms with E-state index in [-0.39, 0.29) is 5.91 Å². The number of methoxy groups -OCH3 is 1. The summed E-state index contributed by atoms with van der Waals surface area (Å²) in [6, 6.07) is 14.7. The van der Waals surface area contributed by atoms with E-state index in [1.807, 2.05) is 36.4 Å². The molecule has 0 spiro atoms. The SMILES string of the molecule is COc1ccc(CNC(=O)c2ccnc(NCc3ccco3)c2)cc1. The van der Waals surface area contributed by atoms with Gasteiger partial charge in [-0.3, -0.25) is 4.79 Å². The number of anilines is 1. The van der Waals surface area contributed by atoms with Gasteiger partial charge in [0.1, 0.15) is 17.3 Å². The van der Waals surface area contributed by atoms with Crippen molar-refractivity contribution in [3.63, 3.8) is 0 Å². The van der Waals surface area contributed by atoms with Gasteiger partial charge < -0.3 is 19.8 Å². The summed E-state index contributed by atoms with van der Waals surface area (Å²) in [6.45, 7) is 0.956. The summed E-state index contributed by atoms with van der Waals surface area (Å²) < 4.78 is 10.4. The molecule has 0 saturated carbocycles. The number of benzene rings is 1. The van der Waals surface area contributed by atoms with E-state index < -0.39 is 0 Å². The number of amides is 1. The fraction of sp³-hybridized carbons (Fsp3) is 0.158. The van der Waals surface area contributed by atoms with Gasteiger partial charge in [0.25, 0.3) is 5.91 Å². The van der Waals surface area contributed by atoms with Crippen molar-refractivity contribution < 1.29 is 13.9 Å². The van der Waals surface area contributed by atoms with Crippen LogP contribution in [0.15, 0.2) is 65.4 Å². The normalized spacial score (nSPS) is 10.3. The number of nitrogens with one attached hydrogen (secondary N) is 2. The number of nitrogens with zero attached hydrogens (tertiary/aromatic N) is 1. The fourth-order valence-electron chi connectivity index (χ4n) is 2.29. The quantitative estimate of drug-likeness (QED) is 0.692. The second kappa shape index (κ2) is 8.01. The van der Waals surface area contributed by atoms with Crippen LogP contribution in [0.1, 0.15) is 21.7 Å². The maximum atomic E-state index is 12.3. The molecule has 0 fully saturated rings. The highest BCUT2D eigenvalue weighted by molar-refractivity contribution is 5.94. The van der Waals surface area contributed by atoms with Crippen molar-refractivity contribution in [2.24, 2.45) is 0 Å². The van der Waals surface area contributed by atoms with Gasteiger partial charge in [-0.05, 0) is 42.0 Å². The molecular formula is C19H19N3O3. The Hall–Kier alpha value is -3.28. The number of aromatic nitrogens is 1. The first-order valence-corrected chi connectivity index (χ1v) is 7.88. The molecule has 0 radical (unpaired) electrons. The van der Waals surface area contributed by atoms with Crippen LogP contribution < -0.4 is 15.4 Å². The minimum atomic E-state index is -0.153. The lowest BCUT2D eigenvalue weighted by molar-refractivity contribution is 0.0951. The molecular weight excluding hydrogens is 318 g/mol. The van der Waals surface area contributed by atoms with Gasteiger partial charge in [-0.2, -0.15) is 0 Å². The molecule has 0 aliphatic rings. The van der Waals surface area contributed by atoms with Gasteiger partial charge in [-0.15, -0.1) is 0 Å². The van der Waals surface area contributed by atoms with Gasteiger partial charge in [0.15, 0.2) is 0 Å². The van der Waals surface area contributed by atoms with Crippen LogP contribution in [-0.2, 0) is 13.1 Å². The molecule has 0 atom stereocenters. The Kier molecular flexibility index (Phi) is 5.31. The van der Waals surface area contributed by atoms with Gasteiger partial charge >= 0.3 is 0 Å². The van der Waals surface area contributed by atoms with Crippen molar-refractivity contribution in [3.05, 3.63) is 77.9 Å². The zero-order valence-electron chi connectivity index (χ0n) is 13.9. The highest BCUT2D eigenvalue weighted by atomic mass is 16.5.